The Bertz CT molecular complexity index is 747. The summed E-state index contributed by atoms with van der Waals surface area (Å²) < 4.78 is 22.7. The van der Waals surface area contributed by atoms with Crippen molar-refractivity contribution in [3.05, 3.63) is 35.9 Å². The molecule has 132 valence electrons. The van der Waals surface area contributed by atoms with Crippen LogP contribution in [0.1, 0.15) is 31.2 Å². The third-order valence-corrected chi connectivity index (χ3v) is 4.26. The Morgan fingerprint density at radius 1 is 1.20 bits per heavy atom. The van der Waals surface area contributed by atoms with Gasteiger partial charge in [-0.3, -0.25) is 0 Å². The molecule has 1 unspecified atom stereocenters. The van der Waals surface area contributed by atoms with Crippen molar-refractivity contribution in [1.82, 2.24) is 0 Å². The molecule has 0 amide bonds. The molecule has 3 rings (SSSR count). The van der Waals surface area contributed by atoms with E-state index in [1.54, 1.807) is 13.2 Å². The van der Waals surface area contributed by atoms with Crippen LogP contribution in [-0.2, 0) is 9.47 Å². The van der Waals surface area contributed by atoms with E-state index in [4.69, 9.17) is 24.2 Å². The predicted octanol–water partition coefficient (Wildman–Crippen LogP) is 4.03. The van der Waals surface area contributed by atoms with Crippen molar-refractivity contribution < 1.29 is 18.9 Å². The minimum atomic E-state index is -0.0703. The number of hydrogen-bond donors (Lipinski definition) is 0. The second kappa shape index (κ2) is 8.70. The van der Waals surface area contributed by atoms with Crippen molar-refractivity contribution in [2.45, 2.75) is 32.0 Å². The monoisotopic (exact) mass is 341 g/mol. The largest absolute Gasteiger partial charge is 0.493 e. The average Bonchev–Trinajstić information content (AvgIpc) is 2.68. The molecular weight excluding hydrogens is 318 g/mol. The Balaban J connectivity index is 1.62. The fourth-order valence-electron chi connectivity index (χ4n) is 2.94. The Kier molecular flexibility index (Phi) is 6.10. The first-order chi connectivity index (χ1) is 12.3. The maximum atomic E-state index is 9.13. The molecule has 1 aliphatic rings. The molecule has 0 aliphatic carbocycles. The van der Waals surface area contributed by atoms with Gasteiger partial charge in [0, 0.05) is 18.4 Å². The van der Waals surface area contributed by atoms with Gasteiger partial charge in [0.15, 0.2) is 17.8 Å². The molecule has 1 aliphatic heterocycles. The van der Waals surface area contributed by atoms with Crippen molar-refractivity contribution >= 4 is 10.8 Å². The van der Waals surface area contributed by atoms with E-state index in [2.05, 4.69) is 6.07 Å². The van der Waals surface area contributed by atoms with Gasteiger partial charge in [0.1, 0.15) is 0 Å². The lowest BCUT2D eigenvalue weighted by molar-refractivity contribution is -0.163. The fraction of sp³-hybridized carbons (Fsp3) is 0.450. The lowest BCUT2D eigenvalue weighted by Crippen LogP contribution is -2.23. The third-order valence-electron chi connectivity index (χ3n) is 4.26. The summed E-state index contributed by atoms with van der Waals surface area (Å²) in [5, 5.41) is 11.0. The first kappa shape index (κ1) is 17.5. The van der Waals surface area contributed by atoms with Gasteiger partial charge in [-0.1, -0.05) is 12.1 Å². The Labute approximate surface area is 148 Å². The van der Waals surface area contributed by atoms with Crippen LogP contribution in [0.2, 0.25) is 0 Å². The van der Waals surface area contributed by atoms with Crippen molar-refractivity contribution in [2.75, 3.05) is 26.9 Å². The molecule has 1 heterocycles. The smallest absolute Gasteiger partial charge is 0.168 e. The first-order valence-electron chi connectivity index (χ1n) is 8.68. The van der Waals surface area contributed by atoms with Crippen molar-refractivity contribution in [1.29, 1.82) is 5.26 Å². The zero-order valence-electron chi connectivity index (χ0n) is 14.5. The number of benzene rings is 2. The highest BCUT2D eigenvalue weighted by molar-refractivity contribution is 5.91. The van der Waals surface area contributed by atoms with Crippen LogP contribution in [0, 0.1) is 11.3 Å². The number of rotatable bonds is 7. The normalized spacial score (nSPS) is 17.2. The number of hydrogen-bond acceptors (Lipinski definition) is 5. The van der Waals surface area contributed by atoms with Gasteiger partial charge in [-0.05, 0) is 42.8 Å². The average molecular weight is 341 g/mol. The summed E-state index contributed by atoms with van der Waals surface area (Å²) in [6.07, 6.45) is 3.94. The van der Waals surface area contributed by atoms with E-state index in [0.717, 1.165) is 43.1 Å². The number of nitriles is 1. The highest BCUT2D eigenvalue weighted by atomic mass is 16.7. The highest BCUT2D eigenvalue weighted by Gasteiger charge is 2.14. The lowest BCUT2D eigenvalue weighted by Gasteiger charge is -2.22. The summed E-state index contributed by atoms with van der Waals surface area (Å²) in [4.78, 5) is 0. The molecule has 0 bridgehead atoms. The maximum Gasteiger partial charge on any atom is 0.168 e. The van der Waals surface area contributed by atoms with Crippen LogP contribution in [0.4, 0.5) is 0 Å². The van der Waals surface area contributed by atoms with Gasteiger partial charge in [0.2, 0.25) is 0 Å². The molecule has 0 N–H and O–H groups in total. The minimum Gasteiger partial charge on any atom is -0.493 e. The van der Waals surface area contributed by atoms with Gasteiger partial charge >= 0.3 is 0 Å². The molecule has 25 heavy (non-hydrogen) atoms. The fourth-order valence-corrected chi connectivity index (χ4v) is 2.94. The van der Waals surface area contributed by atoms with Crippen molar-refractivity contribution in [3.63, 3.8) is 0 Å². The quantitative estimate of drug-likeness (QED) is 0.712. The molecular formula is C20H23NO4. The van der Waals surface area contributed by atoms with Crippen LogP contribution in [0.15, 0.2) is 30.3 Å². The molecule has 1 saturated heterocycles. The Morgan fingerprint density at radius 2 is 2.08 bits per heavy atom. The maximum absolute atomic E-state index is 9.13. The Morgan fingerprint density at radius 3 is 2.84 bits per heavy atom. The summed E-state index contributed by atoms with van der Waals surface area (Å²) in [5.41, 5.74) is 0.600. The summed E-state index contributed by atoms with van der Waals surface area (Å²) in [6, 6.07) is 11.6. The second-order valence-electron chi connectivity index (χ2n) is 6.01. The van der Waals surface area contributed by atoms with Crippen LogP contribution in [0.3, 0.4) is 0 Å². The van der Waals surface area contributed by atoms with E-state index in [9.17, 15) is 0 Å². The number of nitrogens with zero attached hydrogens (tertiary/aromatic N) is 1. The summed E-state index contributed by atoms with van der Waals surface area (Å²) in [7, 11) is 1.62. The van der Waals surface area contributed by atoms with Crippen molar-refractivity contribution in [3.8, 4) is 17.6 Å². The molecule has 0 radical (unpaired) electrons. The first-order valence-corrected chi connectivity index (χ1v) is 8.68. The second-order valence-corrected chi connectivity index (χ2v) is 6.01. The summed E-state index contributed by atoms with van der Waals surface area (Å²) >= 11 is 0. The molecule has 0 spiro atoms. The lowest BCUT2D eigenvalue weighted by atomic mass is 10.1. The Hall–Kier alpha value is -2.29. The molecule has 1 fully saturated rings. The van der Waals surface area contributed by atoms with Gasteiger partial charge in [-0.15, -0.1) is 0 Å². The third kappa shape index (κ3) is 4.41. The van der Waals surface area contributed by atoms with Crippen LogP contribution < -0.4 is 9.47 Å². The van der Waals surface area contributed by atoms with Crippen LogP contribution in [0.25, 0.3) is 10.8 Å². The molecule has 2 aromatic rings. The van der Waals surface area contributed by atoms with E-state index in [-0.39, 0.29) is 6.29 Å². The molecule has 0 aromatic heterocycles. The van der Waals surface area contributed by atoms with E-state index >= 15 is 0 Å². The molecule has 5 heteroatoms. The van der Waals surface area contributed by atoms with Gasteiger partial charge in [-0.2, -0.15) is 5.26 Å². The van der Waals surface area contributed by atoms with Crippen molar-refractivity contribution in [2.24, 2.45) is 0 Å². The molecule has 0 saturated carbocycles. The minimum absolute atomic E-state index is 0.0703. The van der Waals surface area contributed by atoms with Crippen LogP contribution in [-0.4, -0.2) is 33.2 Å². The van der Waals surface area contributed by atoms with E-state index < -0.39 is 0 Å². The molecule has 1 atom stereocenters. The van der Waals surface area contributed by atoms with Gasteiger partial charge in [-0.25, -0.2) is 0 Å². The standard InChI is InChI=1S/C20H23NO4/c1-22-18-9-8-16-7-6-15(14-21)13-17(16)20(18)25-12-4-11-24-19-5-2-3-10-23-19/h6-9,13,19H,2-5,10-12H2,1H3. The van der Waals surface area contributed by atoms with E-state index in [1.165, 1.54) is 0 Å². The van der Waals surface area contributed by atoms with Gasteiger partial charge in [0.25, 0.3) is 0 Å². The van der Waals surface area contributed by atoms with Gasteiger partial charge < -0.3 is 18.9 Å². The predicted molar refractivity (Wildman–Crippen MR) is 94.9 cm³/mol. The molecule has 2 aromatic carbocycles. The zero-order chi connectivity index (χ0) is 17.5. The van der Waals surface area contributed by atoms with E-state index in [1.807, 2.05) is 24.3 Å². The SMILES string of the molecule is COc1ccc2ccc(C#N)cc2c1OCCCOC1CCCCO1. The zero-order valence-corrected chi connectivity index (χ0v) is 14.5. The summed E-state index contributed by atoms with van der Waals surface area (Å²) in [6.45, 7) is 1.90. The topological polar surface area (TPSA) is 60.7 Å². The number of ether oxygens (including phenoxy) is 4. The van der Waals surface area contributed by atoms with Crippen LogP contribution in [0.5, 0.6) is 11.5 Å². The van der Waals surface area contributed by atoms with Crippen LogP contribution >= 0.6 is 0 Å². The highest BCUT2D eigenvalue weighted by Crippen LogP contribution is 2.36. The molecule has 5 nitrogen and oxygen atoms in total. The number of fused-ring (bicyclic) bond motifs is 1. The number of methoxy groups -OCH3 is 1. The van der Waals surface area contributed by atoms with Gasteiger partial charge in [0.05, 0.1) is 32.0 Å². The van der Waals surface area contributed by atoms with E-state index in [0.29, 0.717) is 30.3 Å². The summed E-state index contributed by atoms with van der Waals surface area (Å²) in [5.74, 6) is 1.34.